The van der Waals surface area contributed by atoms with E-state index < -0.39 is 0 Å². The van der Waals surface area contributed by atoms with Crippen molar-refractivity contribution in [3.05, 3.63) is 64.4 Å². The smallest absolute Gasteiger partial charge is 0.223 e. The molecule has 1 amide bonds. The molecule has 0 N–H and O–H groups in total. The predicted molar refractivity (Wildman–Crippen MR) is 99.0 cm³/mol. The Labute approximate surface area is 155 Å². The molecule has 25 heavy (non-hydrogen) atoms. The highest BCUT2D eigenvalue weighted by molar-refractivity contribution is 9.10. The fourth-order valence-corrected chi connectivity index (χ4v) is 3.47. The summed E-state index contributed by atoms with van der Waals surface area (Å²) in [5.41, 5.74) is 1.19. The quantitative estimate of drug-likeness (QED) is 0.624. The van der Waals surface area contributed by atoms with E-state index in [9.17, 15) is 9.18 Å². The van der Waals surface area contributed by atoms with E-state index in [2.05, 4.69) is 28.1 Å². The summed E-state index contributed by atoms with van der Waals surface area (Å²) in [6.07, 6.45) is 3.11. The van der Waals surface area contributed by atoms with Gasteiger partial charge in [-0.3, -0.25) is 4.79 Å². The molecule has 1 unspecified atom stereocenters. The number of amides is 1. The molecule has 1 fully saturated rings. The van der Waals surface area contributed by atoms with Crippen molar-refractivity contribution < 1.29 is 13.9 Å². The third-order valence-electron chi connectivity index (χ3n) is 4.43. The van der Waals surface area contributed by atoms with E-state index in [0.717, 1.165) is 23.9 Å². The lowest BCUT2D eigenvalue weighted by Crippen LogP contribution is -2.30. The lowest BCUT2D eigenvalue weighted by molar-refractivity contribution is -0.132. The second kappa shape index (κ2) is 8.48. The number of ether oxygens (including phenoxy) is 1. The molecule has 0 bridgehead atoms. The zero-order chi connectivity index (χ0) is 17.6. The second-order valence-electron chi connectivity index (χ2n) is 6.21. The lowest BCUT2D eigenvalue weighted by atomic mass is 10.0. The van der Waals surface area contributed by atoms with Crippen LogP contribution in [0.4, 0.5) is 4.39 Å². The van der Waals surface area contributed by atoms with Gasteiger partial charge in [0.05, 0.1) is 12.6 Å². The fourth-order valence-electron chi connectivity index (χ4n) is 3.21. The van der Waals surface area contributed by atoms with Crippen LogP contribution >= 0.6 is 15.9 Å². The molecule has 1 atom stereocenters. The van der Waals surface area contributed by atoms with E-state index >= 15 is 0 Å². The van der Waals surface area contributed by atoms with E-state index in [-0.39, 0.29) is 17.8 Å². The van der Waals surface area contributed by atoms with Crippen LogP contribution in [0.3, 0.4) is 0 Å². The highest BCUT2D eigenvalue weighted by atomic mass is 79.9. The van der Waals surface area contributed by atoms with Gasteiger partial charge in [0, 0.05) is 23.5 Å². The molecule has 1 heterocycles. The summed E-state index contributed by atoms with van der Waals surface area (Å²) >= 11 is 3.45. The van der Waals surface area contributed by atoms with Crippen LogP contribution in [0.1, 0.15) is 37.3 Å². The van der Waals surface area contributed by atoms with Gasteiger partial charge < -0.3 is 9.64 Å². The van der Waals surface area contributed by atoms with E-state index in [0.29, 0.717) is 25.2 Å². The first kappa shape index (κ1) is 17.9. The maximum Gasteiger partial charge on any atom is 0.223 e. The van der Waals surface area contributed by atoms with E-state index in [1.54, 1.807) is 12.1 Å². The number of halogens is 2. The summed E-state index contributed by atoms with van der Waals surface area (Å²) in [4.78, 5) is 14.5. The summed E-state index contributed by atoms with van der Waals surface area (Å²) in [5, 5.41) is 0. The van der Waals surface area contributed by atoms with Gasteiger partial charge in [-0.05, 0) is 49.1 Å². The Balaban J connectivity index is 1.49. The molecule has 2 aromatic carbocycles. The monoisotopic (exact) mass is 405 g/mol. The average molecular weight is 406 g/mol. The SMILES string of the molecule is O=C(CCCOc1cccc(F)c1)N1CCCC1c1ccc(Br)cc1. The summed E-state index contributed by atoms with van der Waals surface area (Å²) in [6.45, 7) is 1.22. The Kier molecular flexibility index (Phi) is 6.08. The molecular weight excluding hydrogens is 385 g/mol. The van der Waals surface area contributed by atoms with Crippen molar-refractivity contribution in [2.45, 2.75) is 31.7 Å². The number of hydrogen-bond acceptors (Lipinski definition) is 2. The van der Waals surface area contributed by atoms with Crippen molar-refractivity contribution in [1.82, 2.24) is 4.90 Å². The molecule has 5 heteroatoms. The highest BCUT2D eigenvalue weighted by Gasteiger charge is 2.29. The largest absolute Gasteiger partial charge is 0.493 e. The normalized spacial score (nSPS) is 16.9. The van der Waals surface area contributed by atoms with Crippen molar-refractivity contribution in [3.8, 4) is 5.75 Å². The second-order valence-corrected chi connectivity index (χ2v) is 7.12. The number of benzene rings is 2. The van der Waals surface area contributed by atoms with Crippen molar-refractivity contribution in [3.63, 3.8) is 0 Å². The minimum absolute atomic E-state index is 0.160. The van der Waals surface area contributed by atoms with Gasteiger partial charge in [-0.15, -0.1) is 0 Å². The molecule has 0 spiro atoms. The van der Waals surface area contributed by atoms with Crippen LogP contribution in [0.15, 0.2) is 53.0 Å². The number of rotatable bonds is 6. The van der Waals surface area contributed by atoms with Gasteiger partial charge >= 0.3 is 0 Å². The molecule has 132 valence electrons. The summed E-state index contributed by atoms with van der Waals surface area (Å²) < 4.78 is 19.6. The standard InChI is InChI=1S/C20H21BrFNO2/c21-16-10-8-15(9-11-16)19-6-2-12-23(19)20(24)7-3-13-25-18-5-1-4-17(22)14-18/h1,4-5,8-11,14,19H,2-3,6-7,12-13H2. The molecular formula is C20H21BrFNO2. The van der Waals surface area contributed by atoms with Crippen LogP contribution in [0.5, 0.6) is 5.75 Å². The van der Waals surface area contributed by atoms with Gasteiger partial charge in [0.15, 0.2) is 0 Å². The van der Waals surface area contributed by atoms with Gasteiger partial charge in [-0.2, -0.15) is 0 Å². The Morgan fingerprint density at radius 2 is 2.04 bits per heavy atom. The highest BCUT2D eigenvalue weighted by Crippen LogP contribution is 2.33. The molecule has 1 saturated heterocycles. The van der Waals surface area contributed by atoms with Crippen LogP contribution in [-0.2, 0) is 4.79 Å². The van der Waals surface area contributed by atoms with Crippen LogP contribution in [0, 0.1) is 5.82 Å². The summed E-state index contributed by atoms with van der Waals surface area (Å²) in [6, 6.07) is 14.4. The third kappa shape index (κ3) is 4.82. The number of hydrogen-bond donors (Lipinski definition) is 0. The van der Waals surface area contributed by atoms with Crippen molar-refractivity contribution >= 4 is 21.8 Å². The van der Waals surface area contributed by atoms with Gasteiger partial charge in [-0.1, -0.05) is 34.1 Å². The number of carbonyl (C=O) groups excluding carboxylic acids is 1. The van der Waals surface area contributed by atoms with E-state index in [1.165, 1.54) is 17.7 Å². The van der Waals surface area contributed by atoms with Gasteiger partial charge in [-0.25, -0.2) is 4.39 Å². The Hall–Kier alpha value is -1.88. The minimum atomic E-state index is -0.317. The molecule has 3 rings (SSSR count). The number of likely N-dealkylation sites (tertiary alicyclic amines) is 1. The maximum atomic E-state index is 13.1. The van der Waals surface area contributed by atoms with Crippen molar-refractivity contribution in [2.75, 3.05) is 13.2 Å². The van der Waals surface area contributed by atoms with Crippen molar-refractivity contribution in [1.29, 1.82) is 0 Å². The number of nitrogens with zero attached hydrogens (tertiary/aromatic N) is 1. The molecule has 0 radical (unpaired) electrons. The molecule has 0 aliphatic carbocycles. The summed E-state index contributed by atoms with van der Waals surface area (Å²) in [5.74, 6) is 0.345. The Bertz CT molecular complexity index is 720. The van der Waals surface area contributed by atoms with Crippen LogP contribution in [-0.4, -0.2) is 24.0 Å². The third-order valence-corrected chi connectivity index (χ3v) is 4.96. The average Bonchev–Trinajstić information content (AvgIpc) is 3.09. The zero-order valence-electron chi connectivity index (χ0n) is 14.0. The fraction of sp³-hybridized carbons (Fsp3) is 0.350. The van der Waals surface area contributed by atoms with Crippen LogP contribution < -0.4 is 4.74 Å². The van der Waals surface area contributed by atoms with Crippen molar-refractivity contribution in [2.24, 2.45) is 0 Å². The van der Waals surface area contributed by atoms with Crippen LogP contribution in [0.2, 0.25) is 0 Å². The number of carbonyl (C=O) groups is 1. The topological polar surface area (TPSA) is 29.5 Å². The van der Waals surface area contributed by atoms with Gasteiger partial charge in [0.2, 0.25) is 5.91 Å². The van der Waals surface area contributed by atoms with Gasteiger partial charge in [0.25, 0.3) is 0 Å². The molecule has 0 saturated carbocycles. The molecule has 1 aliphatic rings. The molecule has 0 aromatic heterocycles. The molecule has 3 nitrogen and oxygen atoms in total. The first-order valence-corrected chi connectivity index (χ1v) is 9.36. The van der Waals surface area contributed by atoms with Crippen LogP contribution in [0.25, 0.3) is 0 Å². The van der Waals surface area contributed by atoms with Gasteiger partial charge in [0.1, 0.15) is 11.6 Å². The van der Waals surface area contributed by atoms with E-state index in [1.807, 2.05) is 17.0 Å². The zero-order valence-corrected chi connectivity index (χ0v) is 15.5. The first-order chi connectivity index (χ1) is 12.1. The maximum absolute atomic E-state index is 13.1. The molecule has 2 aromatic rings. The predicted octanol–water partition coefficient (Wildman–Crippen LogP) is 5.11. The van der Waals surface area contributed by atoms with E-state index in [4.69, 9.17) is 4.74 Å². The lowest BCUT2D eigenvalue weighted by Gasteiger charge is -2.25. The first-order valence-electron chi connectivity index (χ1n) is 8.57. The minimum Gasteiger partial charge on any atom is -0.493 e. The summed E-state index contributed by atoms with van der Waals surface area (Å²) in [7, 11) is 0. The Morgan fingerprint density at radius 3 is 2.80 bits per heavy atom. The Morgan fingerprint density at radius 1 is 1.24 bits per heavy atom. The molecule has 1 aliphatic heterocycles.